The number of H-pyrrole nitrogens is 1. The Bertz CT molecular complexity index is 550. The third-order valence-electron chi connectivity index (χ3n) is 3.88. The van der Waals surface area contributed by atoms with Gasteiger partial charge < -0.3 is 9.88 Å². The van der Waals surface area contributed by atoms with Gasteiger partial charge in [0.2, 0.25) is 5.91 Å². The van der Waals surface area contributed by atoms with E-state index in [-0.39, 0.29) is 5.91 Å². The third kappa shape index (κ3) is 2.90. The molecule has 1 saturated heterocycles. The number of likely N-dealkylation sites (tertiary alicyclic amines) is 1. The van der Waals surface area contributed by atoms with Crippen LogP contribution in [0.4, 0.5) is 0 Å². The largest absolute Gasteiger partial charge is 0.348 e. The van der Waals surface area contributed by atoms with Crippen LogP contribution in [0.2, 0.25) is 0 Å². The highest BCUT2D eigenvalue weighted by Crippen LogP contribution is 2.24. The first-order valence-electron chi connectivity index (χ1n) is 7.14. The molecule has 0 aliphatic carbocycles. The van der Waals surface area contributed by atoms with Crippen LogP contribution >= 0.6 is 0 Å². The zero-order valence-corrected chi connectivity index (χ0v) is 11.5. The van der Waals surface area contributed by atoms with Gasteiger partial charge in [-0.25, -0.2) is 4.98 Å². The van der Waals surface area contributed by atoms with E-state index in [0.29, 0.717) is 12.3 Å². The lowest BCUT2D eigenvalue weighted by Gasteiger charge is -2.32. The first kappa shape index (κ1) is 12.9. The molecule has 0 saturated carbocycles. The number of carbonyl (C=O) groups is 1. The fourth-order valence-corrected chi connectivity index (χ4v) is 2.81. The molecular formula is C16H19N3O. The first-order chi connectivity index (χ1) is 9.83. The molecule has 104 valence electrons. The first-order valence-corrected chi connectivity index (χ1v) is 7.14. The van der Waals surface area contributed by atoms with Gasteiger partial charge in [-0.15, -0.1) is 0 Å². The topological polar surface area (TPSA) is 49.0 Å². The number of hydrogen-bond acceptors (Lipinski definition) is 2. The Balaban J connectivity index is 1.63. The summed E-state index contributed by atoms with van der Waals surface area (Å²) < 4.78 is 0. The predicted octanol–water partition coefficient (Wildman–Crippen LogP) is 2.36. The Morgan fingerprint density at radius 3 is 2.95 bits per heavy atom. The van der Waals surface area contributed by atoms with Crippen LogP contribution in [0.5, 0.6) is 0 Å². The van der Waals surface area contributed by atoms with Gasteiger partial charge in [0.1, 0.15) is 5.82 Å². The van der Waals surface area contributed by atoms with E-state index in [4.69, 9.17) is 0 Å². The van der Waals surface area contributed by atoms with Crippen molar-refractivity contribution in [2.75, 3.05) is 13.1 Å². The van der Waals surface area contributed by atoms with Crippen LogP contribution in [0.1, 0.15) is 30.1 Å². The molecule has 1 fully saturated rings. The minimum absolute atomic E-state index is 0.215. The van der Waals surface area contributed by atoms with E-state index in [1.165, 1.54) is 0 Å². The van der Waals surface area contributed by atoms with E-state index in [2.05, 4.69) is 9.97 Å². The summed E-state index contributed by atoms with van der Waals surface area (Å²) in [5.41, 5.74) is 1.08. The van der Waals surface area contributed by atoms with Gasteiger partial charge in [0, 0.05) is 31.4 Å². The third-order valence-corrected chi connectivity index (χ3v) is 3.88. The second-order valence-corrected chi connectivity index (χ2v) is 5.32. The van der Waals surface area contributed by atoms with Gasteiger partial charge in [-0.2, -0.15) is 0 Å². The van der Waals surface area contributed by atoms with Crippen molar-refractivity contribution in [1.29, 1.82) is 0 Å². The molecule has 0 radical (unpaired) electrons. The van der Waals surface area contributed by atoms with Gasteiger partial charge in [-0.1, -0.05) is 30.3 Å². The predicted molar refractivity (Wildman–Crippen MR) is 77.3 cm³/mol. The zero-order chi connectivity index (χ0) is 13.8. The van der Waals surface area contributed by atoms with Gasteiger partial charge in [-0.3, -0.25) is 4.79 Å². The van der Waals surface area contributed by atoms with Crippen LogP contribution in [0.15, 0.2) is 42.7 Å². The van der Waals surface area contributed by atoms with Crippen molar-refractivity contribution in [3.05, 3.63) is 54.1 Å². The van der Waals surface area contributed by atoms with Crippen molar-refractivity contribution in [3.63, 3.8) is 0 Å². The summed E-state index contributed by atoms with van der Waals surface area (Å²) in [6.45, 7) is 1.64. The lowest BCUT2D eigenvalue weighted by molar-refractivity contribution is -0.131. The van der Waals surface area contributed by atoms with Crippen LogP contribution in [-0.4, -0.2) is 33.9 Å². The fraction of sp³-hybridized carbons (Fsp3) is 0.375. The zero-order valence-electron chi connectivity index (χ0n) is 11.5. The number of benzene rings is 1. The van der Waals surface area contributed by atoms with Crippen molar-refractivity contribution < 1.29 is 4.79 Å². The maximum Gasteiger partial charge on any atom is 0.227 e. The number of aromatic nitrogens is 2. The Morgan fingerprint density at radius 2 is 2.20 bits per heavy atom. The summed E-state index contributed by atoms with van der Waals surface area (Å²) in [6.07, 6.45) is 6.26. The molecule has 1 aromatic carbocycles. The number of piperidine rings is 1. The number of nitrogens with zero attached hydrogens (tertiary/aromatic N) is 2. The maximum absolute atomic E-state index is 12.4. The van der Waals surface area contributed by atoms with Gasteiger partial charge in [0.05, 0.1) is 6.42 Å². The van der Waals surface area contributed by atoms with E-state index in [1.54, 1.807) is 6.20 Å². The second kappa shape index (κ2) is 5.90. The summed E-state index contributed by atoms with van der Waals surface area (Å²) in [5.74, 6) is 1.56. The number of carbonyl (C=O) groups excluding carboxylic acids is 1. The smallest absolute Gasteiger partial charge is 0.227 e. The fourth-order valence-electron chi connectivity index (χ4n) is 2.81. The Morgan fingerprint density at radius 1 is 1.35 bits per heavy atom. The van der Waals surface area contributed by atoms with Gasteiger partial charge in [-0.05, 0) is 18.4 Å². The molecule has 4 heteroatoms. The van der Waals surface area contributed by atoms with E-state index in [1.807, 2.05) is 41.4 Å². The van der Waals surface area contributed by atoms with Crippen molar-refractivity contribution in [1.82, 2.24) is 14.9 Å². The van der Waals surface area contributed by atoms with E-state index >= 15 is 0 Å². The van der Waals surface area contributed by atoms with Crippen molar-refractivity contribution >= 4 is 5.91 Å². The number of nitrogens with one attached hydrogen (secondary N) is 1. The van der Waals surface area contributed by atoms with Crippen LogP contribution in [-0.2, 0) is 11.2 Å². The molecule has 0 spiro atoms. The maximum atomic E-state index is 12.4. The van der Waals surface area contributed by atoms with E-state index < -0.39 is 0 Å². The van der Waals surface area contributed by atoms with E-state index in [0.717, 1.165) is 37.3 Å². The molecule has 1 aromatic heterocycles. The molecule has 1 aliphatic heterocycles. The highest BCUT2D eigenvalue weighted by molar-refractivity contribution is 5.78. The SMILES string of the molecule is O=C(Cc1ccccc1)N1CCCC(c2ncc[nH]2)C1. The highest BCUT2D eigenvalue weighted by Gasteiger charge is 2.25. The molecule has 20 heavy (non-hydrogen) atoms. The minimum atomic E-state index is 0.215. The molecule has 1 N–H and O–H groups in total. The average molecular weight is 269 g/mol. The van der Waals surface area contributed by atoms with Crippen LogP contribution < -0.4 is 0 Å². The molecule has 0 bridgehead atoms. The minimum Gasteiger partial charge on any atom is -0.348 e. The normalized spacial score (nSPS) is 19.0. The quantitative estimate of drug-likeness (QED) is 0.930. The Kier molecular flexibility index (Phi) is 3.81. The Labute approximate surface area is 118 Å². The number of aromatic amines is 1. The second-order valence-electron chi connectivity index (χ2n) is 5.32. The number of hydrogen-bond donors (Lipinski definition) is 1. The average Bonchev–Trinajstić information content (AvgIpc) is 3.03. The lowest BCUT2D eigenvalue weighted by atomic mass is 9.97. The van der Waals surface area contributed by atoms with Gasteiger partial charge in [0.15, 0.2) is 0 Å². The summed E-state index contributed by atoms with van der Waals surface area (Å²) in [5, 5.41) is 0. The number of imidazole rings is 1. The van der Waals surface area contributed by atoms with Crippen molar-refractivity contribution in [3.8, 4) is 0 Å². The molecule has 2 aromatic rings. The van der Waals surface area contributed by atoms with Crippen molar-refractivity contribution in [2.24, 2.45) is 0 Å². The van der Waals surface area contributed by atoms with Gasteiger partial charge >= 0.3 is 0 Å². The molecule has 1 unspecified atom stereocenters. The van der Waals surface area contributed by atoms with Crippen LogP contribution in [0, 0.1) is 0 Å². The molecular weight excluding hydrogens is 250 g/mol. The van der Waals surface area contributed by atoms with Crippen LogP contribution in [0.25, 0.3) is 0 Å². The molecule has 2 heterocycles. The monoisotopic (exact) mass is 269 g/mol. The molecule has 1 aliphatic rings. The van der Waals surface area contributed by atoms with Crippen LogP contribution in [0.3, 0.4) is 0 Å². The molecule has 3 rings (SSSR count). The molecule has 4 nitrogen and oxygen atoms in total. The molecule has 1 amide bonds. The summed E-state index contributed by atoms with van der Waals surface area (Å²) in [7, 11) is 0. The summed E-state index contributed by atoms with van der Waals surface area (Å²) in [4.78, 5) is 21.8. The number of amides is 1. The standard InChI is InChI=1S/C16H19N3O/c20-15(11-13-5-2-1-3-6-13)19-10-4-7-14(12-19)16-17-8-9-18-16/h1-3,5-6,8-9,14H,4,7,10-12H2,(H,17,18). The number of rotatable bonds is 3. The Hall–Kier alpha value is -2.10. The molecule has 1 atom stereocenters. The summed E-state index contributed by atoms with van der Waals surface area (Å²) in [6, 6.07) is 9.94. The lowest BCUT2D eigenvalue weighted by Crippen LogP contribution is -2.40. The van der Waals surface area contributed by atoms with Crippen molar-refractivity contribution in [2.45, 2.75) is 25.2 Å². The van der Waals surface area contributed by atoms with Gasteiger partial charge in [0.25, 0.3) is 0 Å². The highest BCUT2D eigenvalue weighted by atomic mass is 16.2. The summed E-state index contributed by atoms with van der Waals surface area (Å²) >= 11 is 0. The van der Waals surface area contributed by atoms with E-state index in [9.17, 15) is 4.79 Å².